The minimum absolute atomic E-state index is 0.0826. The molecule has 2 aromatic rings. The molecule has 178 valence electrons. The van der Waals surface area contributed by atoms with E-state index in [-0.39, 0.29) is 19.5 Å². The van der Waals surface area contributed by atoms with E-state index in [4.69, 9.17) is 5.73 Å². The third-order valence-electron chi connectivity index (χ3n) is 4.46. The van der Waals surface area contributed by atoms with Gasteiger partial charge < -0.3 is 16.4 Å². The molecule has 2 aromatic carbocycles. The molecule has 0 aliphatic heterocycles. The van der Waals surface area contributed by atoms with Gasteiger partial charge in [-0.3, -0.25) is 14.4 Å². The van der Waals surface area contributed by atoms with E-state index in [9.17, 15) is 27.2 Å². The normalized spacial score (nSPS) is 12.1. The van der Waals surface area contributed by atoms with Crippen LogP contribution in [0, 0.1) is 5.82 Å². The van der Waals surface area contributed by atoms with Gasteiger partial charge >= 0.3 is 0 Å². The van der Waals surface area contributed by atoms with Crippen LogP contribution in [0.5, 0.6) is 0 Å². The van der Waals surface area contributed by atoms with Gasteiger partial charge in [0.2, 0.25) is 21.8 Å². The molecule has 2 rings (SSSR count). The van der Waals surface area contributed by atoms with Crippen molar-refractivity contribution in [1.29, 1.82) is 0 Å². The Hall–Kier alpha value is -2.96. The number of sulfonamides is 1. The highest BCUT2D eigenvalue weighted by molar-refractivity contribution is 7.98. The zero-order chi connectivity index (χ0) is 24.4. The number of rotatable bonds is 12. The minimum atomic E-state index is -4.25. The predicted molar refractivity (Wildman–Crippen MR) is 123 cm³/mol. The van der Waals surface area contributed by atoms with Crippen molar-refractivity contribution >= 4 is 39.5 Å². The third-order valence-corrected chi connectivity index (χ3v) is 6.61. The summed E-state index contributed by atoms with van der Waals surface area (Å²) in [5.41, 5.74) is 5.96. The van der Waals surface area contributed by atoms with Gasteiger partial charge in [0.25, 0.3) is 5.91 Å². The lowest BCUT2D eigenvalue weighted by molar-refractivity contribution is -0.123. The smallest absolute Gasteiger partial charge is 0.251 e. The fraction of sp³-hybridized carbons (Fsp3) is 0.286. The molecule has 12 heteroatoms. The van der Waals surface area contributed by atoms with Crippen molar-refractivity contribution in [3.05, 3.63) is 65.5 Å². The summed E-state index contributed by atoms with van der Waals surface area (Å²) in [6.45, 7) is -0.198. The number of primary amides is 1. The molecule has 0 saturated heterocycles. The SMILES string of the molecule is CSCCC(NS(=O)(=O)c1ccccc1F)C(=O)NCc1ccc(C(=O)NCC(N)=O)cc1. The highest BCUT2D eigenvalue weighted by Crippen LogP contribution is 2.15. The van der Waals surface area contributed by atoms with Crippen LogP contribution in [0.2, 0.25) is 0 Å². The number of carbonyl (C=O) groups excluding carboxylic acids is 3. The Morgan fingerprint density at radius 2 is 1.73 bits per heavy atom. The number of hydrogen-bond donors (Lipinski definition) is 4. The number of carbonyl (C=O) groups is 3. The van der Waals surface area contributed by atoms with Crippen molar-refractivity contribution in [1.82, 2.24) is 15.4 Å². The van der Waals surface area contributed by atoms with Crippen molar-refractivity contribution < 1.29 is 27.2 Å². The maximum absolute atomic E-state index is 14.0. The van der Waals surface area contributed by atoms with Crippen LogP contribution >= 0.6 is 11.8 Å². The van der Waals surface area contributed by atoms with Gasteiger partial charge in [-0.2, -0.15) is 16.5 Å². The zero-order valence-electron chi connectivity index (χ0n) is 17.8. The van der Waals surface area contributed by atoms with Gasteiger partial charge in [-0.15, -0.1) is 0 Å². The first-order chi connectivity index (χ1) is 15.6. The Morgan fingerprint density at radius 3 is 2.33 bits per heavy atom. The summed E-state index contributed by atoms with van der Waals surface area (Å²) in [7, 11) is -4.25. The number of hydrogen-bond acceptors (Lipinski definition) is 6. The Labute approximate surface area is 195 Å². The molecule has 1 unspecified atom stereocenters. The molecule has 0 aliphatic carbocycles. The molecular weight excluding hydrogens is 471 g/mol. The molecule has 0 saturated carbocycles. The van der Waals surface area contributed by atoms with Crippen LogP contribution in [0.15, 0.2) is 53.4 Å². The molecule has 5 N–H and O–H groups in total. The molecular formula is C21H25FN4O5S2. The maximum Gasteiger partial charge on any atom is 0.251 e. The van der Waals surface area contributed by atoms with Crippen LogP contribution in [0.25, 0.3) is 0 Å². The van der Waals surface area contributed by atoms with E-state index in [0.29, 0.717) is 16.9 Å². The molecule has 0 aliphatic rings. The molecule has 3 amide bonds. The second-order valence-corrected chi connectivity index (χ2v) is 9.62. The van der Waals surface area contributed by atoms with Gasteiger partial charge in [0, 0.05) is 12.1 Å². The number of nitrogens with two attached hydrogens (primary N) is 1. The van der Waals surface area contributed by atoms with Gasteiger partial charge in [-0.1, -0.05) is 24.3 Å². The van der Waals surface area contributed by atoms with Crippen molar-refractivity contribution in [2.45, 2.75) is 23.9 Å². The van der Waals surface area contributed by atoms with Crippen LogP contribution in [-0.2, 0) is 26.2 Å². The number of nitrogens with one attached hydrogen (secondary N) is 3. The molecule has 0 spiro atoms. The summed E-state index contributed by atoms with van der Waals surface area (Å²) in [6, 6.07) is 10.1. The van der Waals surface area contributed by atoms with Crippen LogP contribution in [0.1, 0.15) is 22.3 Å². The van der Waals surface area contributed by atoms with E-state index in [2.05, 4.69) is 15.4 Å². The Bertz CT molecular complexity index is 1090. The van der Waals surface area contributed by atoms with Crippen LogP contribution in [0.4, 0.5) is 4.39 Å². The van der Waals surface area contributed by atoms with Crippen molar-refractivity contribution in [3.63, 3.8) is 0 Å². The van der Waals surface area contributed by atoms with Crippen molar-refractivity contribution in [2.75, 3.05) is 18.6 Å². The van der Waals surface area contributed by atoms with Crippen molar-refractivity contribution in [2.24, 2.45) is 5.73 Å². The first-order valence-corrected chi connectivity index (χ1v) is 12.7. The third kappa shape index (κ3) is 8.15. The minimum Gasteiger partial charge on any atom is -0.368 e. The summed E-state index contributed by atoms with van der Waals surface area (Å²) in [5.74, 6) is -2.10. The van der Waals surface area contributed by atoms with Gasteiger partial charge in [0.05, 0.1) is 6.54 Å². The molecule has 33 heavy (non-hydrogen) atoms. The monoisotopic (exact) mass is 496 g/mol. The van der Waals surface area contributed by atoms with Gasteiger partial charge in [0.15, 0.2) is 0 Å². The average molecular weight is 497 g/mol. The fourth-order valence-electron chi connectivity index (χ4n) is 2.75. The summed E-state index contributed by atoms with van der Waals surface area (Å²) in [4.78, 5) is 34.8. The Kier molecular flexibility index (Phi) is 9.82. The van der Waals surface area contributed by atoms with E-state index in [1.807, 2.05) is 6.26 Å². The summed E-state index contributed by atoms with van der Waals surface area (Å²) < 4.78 is 41.4. The molecule has 9 nitrogen and oxygen atoms in total. The molecule has 0 aromatic heterocycles. The lowest BCUT2D eigenvalue weighted by Gasteiger charge is -2.18. The molecule has 0 bridgehead atoms. The van der Waals surface area contributed by atoms with Crippen LogP contribution in [0.3, 0.4) is 0 Å². The average Bonchev–Trinajstić information content (AvgIpc) is 2.79. The number of benzene rings is 2. The van der Waals surface area contributed by atoms with E-state index in [1.165, 1.54) is 36.0 Å². The molecule has 0 radical (unpaired) electrons. The highest BCUT2D eigenvalue weighted by atomic mass is 32.2. The van der Waals surface area contributed by atoms with Gasteiger partial charge in [-0.25, -0.2) is 12.8 Å². The van der Waals surface area contributed by atoms with Gasteiger partial charge in [-0.05, 0) is 48.3 Å². The summed E-state index contributed by atoms with van der Waals surface area (Å²) >= 11 is 1.44. The largest absolute Gasteiger partial charge is 0.368 e. The standard InChI is InChI=1S/C21H25FN4O5S2/c1-32-11-10-17(26-33(30,31)18-5-3-2-4-16(18)22)21(29)24-12-14-6-8-15(9-7-14)20(28)25-13-19(23)27/h2-9,17,26H,10-13H2,1H3,(H2,23,27)(H,24,29)(H,25,28). The van der Waals surface area contributed by atoms with Crippen LogP contribution < -0.4 is 21.1 Å². The molecule has 1 atom stereocenters. The summed E-state index contributed by atoms with van der Waals surface area (Å²) in [6.07, 6.45) is 2.03. The van der Waals surface area contributed by atoms with E-state index in [0.717, 1.165) is 12.1 Å². The van der Waals surface area contributed by atoms with Crippen LogP contribution in [-0.4, -0.2) is 50.7 Å². The zero-order valence-corrected chi connectivity index (χ0v) is 19.5. The molecule has 0 heterocycles. The second-order valence-electron chi connectivity index (χ2n) is 6.95. The molecule has 0 fully saturated rings. The Morgan fingerprint density at radius 1 is 1.06 bits per heavy atom. The number of thioether (sulfide) groups is 1. The maximum atomic E-state index is 14.0. The second kappa shape index (κ2) is 12.3. The van der Waals surface area contributed by atoms with E-state index < -0.39 is 44.5 Å². The van der Waals surface area contributed by atoms with Crippen molar-refractivity contribution in [3.8, 4) is 0 Å². The number of amides is 3. The lowest BCUT2D eigenvalue weighted by Crippen LogP contribution is -2.46. The number of halogens is 1. The van der Waals surface area contributed by atoms with E-state index >= 15 is 0 Å². The summed E-state index contributed by atoms with van der Waals surface area (Å²) in [5, 5.41) is 5.02. The Balaban J connectivity index is 2.03. The predicted octanol–water partition coefficient (Wildman–Crippen LogP) is 0.757. The first-order valence-electron chi connectivity index (χ1n) is 9.83. The lowest BCUT2D eigenvalue weighted by atomic mass is 10.1. The quantitative estimate of drug-likeness (QED) is 0.341. The van der Waals surface area contributed by atoms with E-state index in [1.54, 1.807) is 12.1 Å². The highest BCUT2D eigenvalue weighted by Gasteiger charge is 2.27. The first kappa shape index (κ1) is 26.3. The van der Waals surface area contributed by atoms with Gasteiger partial charge in [0.1, 0.15) is 16.8 Å². The topological polar surface area (TPSA) is 147 Å². The fourth-order valence-corrected chi connectivity index (χ4v) is 4.53.